The smallest absolute Gasteiger partial charge is 0.264 e. The molecule has 0 atom stereocenters. The normalized spacial score (nSPS) is 10.0. The van der Waals surface area contributed by atoms with E-state index in [0.717, 1.165) is 5.69 Å². The first-order valence-electron chi connectivity index (χ1n) is 6.23. The number of nitrogens with zero attached hydrogens (tertiary/aromatic N) is 2. The molecule has 0 fully saturated rings. The first-order valence-corrected chi connectivity index (χ1v) is 7.11. The minimum Gasteiger partial charge on any atom is -0.484 e. The van der Waals surface area contributed by atoms with Crippen LogP contribution in [0, 0.1) is 0 Å². The van der Waals surface area contributed by atoms with Crippen molar-refractivity contribution in [2.75, 3.05) is 23.9 Å². The Kier molecular flexibility index (Phi) is 4.89. The van der Waals surface area contributed by atoms with Crippen molar-refractivity contribution in [2.45, 2.75) is 6.92 Å². The molecule has 2 aromatic rings. The van der Waals surface area contributed by atoms with E-state index in [1.807, 2.05) is 0 Å². The van der Waals surface area contributed by atoms with Crippen LogP contribution in [0.4, 0.5) is 10.8 Å². The number of hydrogen-bond acceptors (Lipinski definition) is 5. The predicted molar refractivity (Wildman–Crippen MR) is 81.8 cm³/mol. The van der Waals surface area contributed by atoms with Gasteiger partial charge < -0.3 is 9.64 Å². The number of rotatable bonds is 5. The largest absolute Gasteiger partial charge is 0.484 e. The van der Waals surface area contributed by atoms with Gasteiger partial charge in [-0.3, -0.25) is 14.9 Å². The minimum atomic E-state index is -0.269. The number of anilines is 2. The summed E-state index contributed by atoms with van der Waals surface area (Å²) < 4.78 is 5.37. The molecule has 0 unspecified atom stereocenters. The zero-order valence-electron chi connectivity index (χ0n) is 11.7. The molecular weight excluding hydrogens is 290 g/mol. The van der Waals surface area contributed by atoms with Crippen molar-refractivity contribution in [3.05, 3.63) is 35.8 Å². The van der Waals surface area contributed by atoms with Crippen molar-refractivity contribution in [3.8, 4) is 5.75 Å². The summed E-state index contributed by atoms with van der Waals surface area (Å²) in [4.78, 5) is 28.3. The van der Waals surface area contributed by atoms with Crippen LogP contribution in [0.25, 0.3) is 0 Å². The van der Waals surface area contributed by atoms with Gasteiger partial charge in [-0.15, -0.1) is 11.3 Å². The van der Waals surface area contributed by atoms with Gasteiger partial charge in [0.25, 0.3) is 5.91 Å². The van der Waals surface area contributed by atoms with Gasteiger partial charge in [0.2, 0.25) is 5.91 Å². The van der Waals surface area contributed by atoms with Crippen LogP contribution in [-0.2, 0) is 9.59 Å². The molecule has 0 spiro atoms. The third-order valence-electron chi connectivity index (χ3n) is 2.74. The Bertz CT molecular complexity index is 611. The summed E-state index contributed by atoms with van der Waals surface area (Å²) in [6, 6.07) is 6.95. The molecule has 0 aliphatic carbocycles. The van der Waals surface area contributed by atoms with E-state index in [2.05, 4.69) is 10.3 Å². The number of ether oxygens (including phenoxy) is 1. The van der Waals surface area contributed by atoms with Gasteiger partial charge in [-0.1, -0.05) is 0 Å². The number of carbonyl (C=O) groups is 2. The maximum atomic E-state index is 11.6. The lowest BCUT2D eigenvalue weighted by atomic mass is 10.3. The first-order chi connectivity index (χ1) is 10.1. The van der Waals surface area contributed by atoms with Crippen LogP contribution < -0.4 is 15.0 Å². The van der Waals surface area contributed by atoms with Crippen molar-refractivity contribution in [2.24, 2.45) is 0 Å². The molecule has 0 saturated heterocycles. The van der Waals surface area contributed by atoms with Gasteiger partial charge in [-0.2, -0.15) is 0 Å². The Balaban J connectivity index is 1.86. The monoisotopic (exact) mass is 305 g/mol. The number of aromatic nitrogens is 1. The fraction of sp³-hybridized carbons (Fsp3) is 0.214. The maximum absolute atomic E-state index is 11.6. The van der Waals surface area contributed by atoms with Crippen molar-refractivity contribution in [1.29, 1.82) is 0 Å². The number of nitrogens with one attached hydrogen (secondary N) is 1. The molecule has 0 aliphatic rings. The van der Waals surface area contributed by atoms with E-state index in [1.165, 1.54) is 23.2 Å². The molecular formula is C14H15N3O3S. The van der Waals surface area contributed by atoms with Crippen molar-refractivity contribution in [1.82, 2.24) is 4.98 Å². The zero-order valence-corrected chi connectivity index (χ0v) is 12.5. The van der Waals surface area contributed by atoms with Gasteiger partial charge in [0.1, 0.15) is 5.75 Å². The zero-order chi connectivity index (χ0) is 15.2. The van der Waals surface area contributed by atoms with Crippen LogP contribution in [0.1, 0.15) is 6.92 Å². The fourth-order valence-electron chi connectivity index (χ4n) is 1.54. The summed E-state index contributed by atoms with van der Waals surface area (Å²) in [5, 5.41) is 4.95. The van der Waals surface area contributed by atoms with Gasteiger partial charge in [0.05, 0.1) is 0 Å². The highest BCUT2D eigenvalue weighted by molar-refractivity contribution is 7.13. The SMILES string of the molecule is CC(=O)N(C)c1ccc(OCC(=O)Nc2nccs2)cc1. The molecule has 1 heterocycles. The predicted octanol–water partition coefficient (Wildman–Crippen LogP) is 2.14. The molecule has 6 nitrogen and oxygen atoms in total. The van der Waals surface area contributed by atoms with E-state index in [9.17, 15) is 9.59 Å². The molecule has 7 heteroatoms. The summed E-state index contributed by atoms with van der Waals surface area (Å²) in [7, 11) is 1.69. The molecule has 21 heavy (non-hydrogen) atoms. The Labute approximate surface area is 126 Å². The Morgan fingerprint density at radius 1 is 1.33 bits per heavy atom. The number of thiazole rings is 1. The van der Waals surface area contributed by atoms with Crippen LogP contribution in [-0.4, -0.2) is 30.5 Å². The lowest BCUT2D eigenvalue weighted by Crippen LogP contribution is -2.22. The lowest BCUT2D eigenvalue weighted by Gasteiger charge is -2.15. The molecule has 0 saturated carbocycles. The van der Waals surface area contributed by atoms with E-state index >= 15 is 0 Å². The van der Waals surface area contributed by atoms with E-state index in [4.69, 9.17) is 4.74 Å². The molecule has 1 N–H and O–H groups in total. The van der Waals surface area contributed by atoms with Gasteiger partial charge in [-0.05, 0) is 24.3 Å². The highest BCUT2D eigenvalue weighted by Gasteiger charge is 2.07. The number of amides is 2. The average molecular weight is 305 g/mol. The van der Waals surface area contributed by atoms with Crippen LogP contribution in [0.3, 0.4) is 0 Å². The fourth-order valence-corrected chi connectivity index (χ4v) is 2.08. The summed E-state index contributed by atoms with van der Waals surface area (Å²) in [5.41, 5.74) is 0.766. The number of benzene rings is 1. The molecule has 1 aromatic heterocycles. The topological polar surface area (TPSA) is 71.5 Å². The second kappa shape index (κ2) is 6.85. The van der Waals surface area contributed by atoms with E-state index < -0.39 is 0 Å². The molecule has 2 rings (SSSR count). The van der Waals surface area contributed by atoms with E-state index in [1.54, 1.807) is 42.9 Å². The third kappa shape index (κ3) is 4.28. The van der Waals surface area contributed by atoms with Crippen LogP contribution in [0.15, 0.2) is 35.8 Å². The molecule has 110 valence electrons. The molecule has 2 amide bonds. The summed E-state index contributed by atoms with van der Waals surface area (Å²) in [5.74, 6) is 0.242. The average Bonchev–Trinajstić information content (AvgIpc) is 2.97. The Morgan fingerprint density at radius 2 is 2.05 bits per heavy atom. The van der Waals surface area contributed by atoms with Gasteiger partial charge >= 0.3 is 0 Å². The standard InChI is InChI=1S/C14H15N3O3S/c1-10(18)17(2)11-3-5-12(6-4-11)20-9-13(19)16-14-15-7-8-21-14/h3-8H,9H2,1-2H3,(H,15,16,19). The summed E-state index contributed by atoms with van der Waals surface area (Å²) >= 11 is 1.34. The molecule has 1 aromatic carbocycles. The van der Waals surface area contributed by atoms with Gasteiger partial charge in [-0.25, -0.2) is 4.98 Å². The quantitative estimate of drug-likeness (QED) is 0.918. The summed E-state index contributed by atoms with van der Waals surface area (Å²) in [6.07, 6.45) is 1.62. The Hall–Kier alpha value is -2.41. The second-order valence-electron chi connectivity index (χ2n) is 4.25. The maximum Gasteiger partial charge on any atom is 0.264 e. The van der Waals surface area contributed by atoms with Crippen LogP contribution in [0.5, 0.6) is 5.75 Å². The summed E-state index contributed by atoms with van der Waals surface area (Å²) in [6.45, 7) is 1.40. The van der Waals surface area contributed by atoms with E-state index in [-0.39, 0.29) is 18.4 Å². The molecule has 0 radical (unpaired) electrons. The van der Waals surface area contributed by atoms with Crippen molar-refractivity contribution in [3.63, 3.8) is 0 Å². The van der Waals surface area contributed by atoms with Crippen LogP contribution in [0.2, 0.25) is 0 Å². The van der Waals surface area contributed by atoms with Crippen LogP contribution >= 0.6 is 11.3 Å². The molecule has 0 bridgehead atoms. The van der Waals surface area contributed by atoms with E-state index in [0.29, 0.717) is 10.9 Å². The third-order valence-corrected chi connectivity index (χ3v) is 3.43. The highest BCUT2D eigenvalue weighted by atomic mass is 32.1. The number of hydrogen-bond donors (Lipinski definition) is 1. The van der Waals surface area contributed by atoms with Gasteiger partial charge in [0.15, 0.2) is 11.7 Å². The van der Waals surface area contributed by atoms with Gasteiger partial charge in [0, 0.05) is 31.2 Å². The second-order valence-corrected chi connectivity index (χ2v) is 5.14. The first kappa shape index (κ1) is 15.0. The highest BCUT2D eigenvalue weighted by Crippen LogP contribution is 2.18. The van der Waals surface area contributed by atoms with Crippen molar-refractivity contribution < 1.29 is 14.3 Å². The molecule has 0 aliphatic heterocycles. The number of carbonyl (C=O) groups excluding carboxylic acids is 2. The minimum absolute atomic E-state index is 0.0495. The lowest BCUT2D eigenvalue weighted by molar-refractivity contribution is -0.118. The Morgan fingerprint density at radius 3 is 2.62 bits per heavy atom. The van der Waals surface area contributed by atoms with Crippen molar-refractivity contribution >= 4 is 34.0 Å².